The molecule has 1 aliphatic heterocycles. The Labute approximate surface area is 188 Å². The lowest BCUT2D eigenvalue weighted by Crippen LogP contribution is -2.10. The van der Waals surface area contributed by atoms with Crippen LogP contribution in [0.2, 0.25) is 0 Å². The van der Waals surface area contributed by atoms with E-state index in [9.17, 15) is 13.2 Å². The monoisotopic (exact) mass is 453 g/mol. The molecule has 170 valence electrons. The first-order valence-corrected chi connectivity index (χ1v) is 10.6. The van der Waals surface area contributed by atoms with Gasteiger partial charge in [-0.15, -0.1) is 0 Å². The van der Waals surface area contributed by atoms with E-state index < -0.39 is 11.7 Å². The van der Waals surface area contributed by atoms with Gasteiger partial charge in [0.15, 0.2) is 5.65 Å². The SMILES string of the molecule is Cc1nc2c(-c3cnc[nH]3)nc(C3=CCOCC3)cn2c1Cc1cccc(C(F)(F)F)c1C. The van der Waals surface area contributed by atoms with E-state index in [0.29, 0.717) is 36.5 Å². The molecule has 0 unspecified atom stereocenters. The fourth-order valence-corrected chi connectivity index (χ4v) is 4.26. The van der Waals surface area contributed by atoms with Crippen LogP contribution in [0.25, 0.3) is 22.6 Å². The summed E-state index contributed by atoms with van der Waals surface area (Å²) in [6, 6.07) is 4.32. The molecule has 0 aliphatic carbocycles. The van der Waals surface area contributed by atoms with Gasteiger partial charge in [0.25, 0.3) is 0 Å². The summed E-state index contributed by atoms with van der Waals surface area (Å²) in [7, 11) is 0. The molecule has 3 aromatic heterocycles. The molecule has 33 heavy (non-hydrogen) atoms. The van der Waals surface area contributed by atoms with Crippen LogP contribution in [0.15, 0.2) is 43.0 Å². The van der Waals surface area contributed by atoms with Crippen molar-refractivity contribution >= 4 is 11.2 Å². The van der Waals surface area contributed by atoms with Gasteiger partial charge in [-0.1, -0.05) is 18.2 Å². The van der Waals surface area contributed by atoms with Crippen molar-refractivity contribution < 1.29 is 17.9 Å². The smallest absolute Gasteiger partial charge is 0.377 e. The minimum atomic E-state index is -4.39. The van der Waals surface area contributed by atoms with Crippen molar-refractivity contribution in [2.24, 2.45) is 0 Å². The molecule has 6 nitrogen and oxygen atoms in total. The minimum absolute atomic E-state index is 0.231. The van der Waals surface area contributed by atoms with Crippen LogP contribution in [-0.2, 0) is 17.3 Å². The van der Waals surface area contributed by atoms with Crippen molar-refractivity contribution in [1.82, 2.24) is 24.3 Å². The average Bonchev–Trinajstić information content (AvgIpc) is 3.43. The maximum Gasteiger partial charge on any atom is 0.416 e. The number of H-pyrrole nitrogens is 1. The van der Waals surface area contributed by atoms with Crippen LogP contribution in [0.5, 0.6) is 0 Å². The predicted molar refractivity (Wildman–Crippen MR) is 118 cm³/mol. The van der Waals surface area contributed by atoms with E-state index >= 15 is 0 Å². The zero-order valence-electron chi connectivity index (χ0n) is 18.2. The van der Waals surface area contributed by atoms with Gasteiger partial charge in [-0.2, -0.15) is 13.2 Å². The van der Waals surface area contributed by atoms with Gasteiger partial charge in [-0.05, 0) is 43.0 Å². The summed E-state index contributed by atoms with van der Waals surface area (Å²) in [5, 5.41) is 0. The molecular formula is C24H22F3N5O. The first-order chi connectivity index (χ1) is 15.8. The second-order valence-electron chi connectivity index (χ2n) is 8.10. The van der Waals surface area contributed by atoms with Gasteiger partial charge in [0.1, 0.15) is 5.69 Å². The lowest BCUT2D eigenvalue weighted by atomic mass is 9.98. The molecule has 4 heterocycles. The predicted octanol–water partition coefficient (Wildman–Crippen LogP) is 5.15. The Bertz CT molecular complexity index is 1350. The highest BCUT2D eigenvalue weighted by Gasteiger charge is 2.33. The Kier molecular flexibility index (Phi) is 5.28. The van der Waals surface area contributed by atoms with Gasteiger partial charge in [0.05, 0.1) is 48.4 Å². The molecule has 0 saturated carbocycles. The molecule has 5 rings (SSSR count). The van der Waals surface area contributed by atoms with Crippen molar-refractivity contribution in [3.8, 4) is 11.4 Å². The summed E-state index contributed by atoms with van der Waals surface area (Å²) in [5.74, 6) is 0. The Morgan fingerprint density at radius 1 is 1.18 bits per heavy atom. The number of nitrogens with zero attached hydrogens (tertiary/aromatic N) is 4. The van der Waals surface area contributed by atoms with Crippen molar-refractivity contribution in [3.05, 3.63) is 76.8 Å². The second kappa shape index (κ2) is 8.15. The van der Waals surface area contributed by atoms with Crippen molar-refractivity contribution in [1.29, 1.82) is 0 Å². The number of rotatable bonds is 4. The van der Waals surface area contributed by atoms with Crippen LogP contribution in [-0.4, -0.2) is 37.6 Å². The van der Waals surface area contributed by atoms with Crippen LogP contribution >= 0.6 is 0 Å². The van der Waals surface area contributed by atoms with Gasteiger partial charge in [0.2, 0.25) is 0 Å². The lowest BCUT2D eigenvalue weighted by Gasteiger charge is -2.16. The van der Waals surface area contributed by atoms with Gasteiger partial charge >= 0.3 is 6.18 Å². The number of hydrogen-bond donors (Lipinski definition) is 1. The molecule has 0 saturated heterocycles. The first-order valence-electron chi connectivity index (χ1n) is 10.6. The third kappa shape index (κ3) is 3.93. The second-order valence-corrected chi connectivity index (χ2v) is 8.10. The van der Waals surface area contributed by atoms with Crippen molar-refractivity contribution in [2.75, 3.05) is 13.2 Å². The highest BCUT2D eigenvalue weighted by Crippen LogP contribution is 2.34. The molecule has 0 bridgehead atoms. The fraction of sp³-hybridized carbons (Fsp3) is 0.292. The fourth-order valence-electron chi connectivity index (χ4n) is 4.26. The third-order valence-corrected chi connectivity index (χ3v) is 6.06. The Morgan fingerprint density at radius 3 is 2.73 bits per heavy atom. The molecule has 1 N–H and O–H groups in total. The Hall–Kier alpha value is -3.46. The summed E-state index contributed by atoms with van der Waals surface area (Å²) in [4.78, 5) is 16.8. The number of aromatic nitrogens is 5. The molecule has 0 atom stereocenters. The molecule has 0 fully saturated rings. The summed E-state index contributed by atoms with van der Waals surface area (Å²) < 4.78 is 47.8. The molecule has 1 aliphatic rings. The number of aromatic amines is 1. The zero-order chi connectivity index (χ0) is 23.2. The van der Waals surface area contributed by atoms with Gasteiger partial charge in [-0.25, -0.2) is 15.0 Å². The number of aryl methyl sites for hydroxylation is 1. The molecule has 4 aromatic rings. The van der Waals surface area contributed by atoms with Gasteiger partial charge in [0, 0.05) is 18.3 Å². The number of ether oxygens (including phenoxy) is 1. The van der Waals surface area contributed by atoms with Crippen LogP contribution in [0.3, 0.4) is 0 Å². The van der Waals surface area contributed by atoms with Crippen LogP contribution in [0.1, 0.15) is 40.2 Å². The summed E-state index contributed by atoms with van der Waals surface area (Å²) in [6.45, 7) is 4.53. The average molecular weight is 453 g/mol. The molecule has 9 heteroatoms. The lowest BCUT2D eigenvalue weighted by molar-refractivity contribution is -0.138. The van der Waals surface area contributed by atoms with Crippen molar-refractivity contribution in [3.63, 3.8) is 0 Å². The minimum Gasteiger partial charge on any atom is -0.377 e. The zero-order valence-corrected chi connectivity index (χ0v) is 18.2. The van der Waals surface area contributed by atoms with E-state index in [1.165, 1.54) is 13.0 Å². The summed E-state index contributed by atoms with van der Waals surface area (Å²) in [5.41, 5.74) is 5.65. The number of imidazole rings is 2. The van der Waals surface area contributed by atoms with Gasteiger partial charge < -0.3 is 9.72 Å². The number of benzene rings is 1. The third-order valence-electron chi connectivity index (χ3n) is 6.06. The number of hydrogen-bond acceptors (Lipinski definition) is 4. The van der Waals surface area contributed by atoms with E-state index in [2.05, 4.69) is 9.97 Å². The number of nitrogens with one attached hydrogen (secondary N) is 1. The van der Waals surface area contributed by atoms with E-state index in [4.69, 9.17) is 14.7 Å². The largest absolute Gasteiger partial charge is 0.416 e. The Balaban J connectivity index is 1.69. The van der Waals surface area contributed by atoms with Crippen LogP contribution < -0.4 is 0 Å². The number of fused-ring (bicyclic) bond motifs is 1. The molecule has 0 amide bonds. The van der Waals surface area contributed by atoms with E-state index in [0.717, 1.165) is 40.8 Å². The summed E-state index contributed by atoms with van der Waals surface area (Å²) in [6.07, 6.45) is 3.85. The van der Waals surface area contributed by atoms with E-state index in [1.54, 1.807) is 18.6 Å². The highest BCUT2D eigenvalue weighted by atomic mass is 19.4. The van der Waals surface area contributed by atoms with Gasteiger partial charge in [-0.3, -0.25) is 4.40 Å². The summed E-state index contributed by atoms with van der Waals surface area (Å²) >= 11 is 0. The molecular weight excluding hydrogens is 431 g/mol. The van der Waals surface area contributed by atoms with Crippen LogP contribution in [0, 0.1) is 13.8 Å². The molecule has 0 spiro atoms. The molecule has 0 radical (unpaired) electrons. The first kappa shape index (κ1) is 21.4. The van der Waals surface area contributed by atoms with Crippen molar-refractivity contribution in [2.45, 2.75) is 32.9 Å². The van der Waals surface area contributed by atoms with Crippen LogP contribution in [0.4, 0.5) is 13.2 Å². The maximum atomic E-state index is 13.5. The number of alkyl halides is 3. The van der Waals surface area contributed by atoms with E-state index in [-0.39, 0.29) is 5.56 Å². The standard InChI is InChI=1S/C24H22F3N5O/c1-14-17(4-3-5-18(14)24(25,26)27)10-21-15(2)30-23-22(19-11-28-13-29-19)31-20(12-32(21)23)16-6-8-33-9-7-16/h3-6,11-13H,7-10H2,1-2H3,(H,28,29). The quantitative estimate of drug-likeness (QED) is 0.464. The molecule has 1 aromatic carbocycles. The normalized spacial score (nSPS) is 14.6. The maximum absolute atomic E-state index is 13.5. The Morgan fingerprint density at radius 2 is 2.03 bits per heavy atom. The highest BCUT2D eigenvalue weighted by molar-refractivity contribution is 5.75. The topological polar surface area (TPSA) is 68.1 Å². The number of halogens is 3. The van der Waals surface area contributed by atoms with E-state index in [1.807, 2.05) is 23.6 Å².